The highest BCUT2D eigenvalue weighted by atomic mass is 35.5. The van der Waals surface area contributed by atoms with Gasteiger partial charge in [0.15, 0.2) is 0 Å². The number of rotatable bonds is 2. The predicted molar refractivity (Wildman–Crippen MR) is 90.2 cm³/mol. The topological polar surface area (TPSA) is 15.3 Å². The maximum Gasteiger partial charge on any atom is 0.0595 e. The summed E-state index contributed by atoms with van der Waals surface area (Å²) in [5.74, 6) is 0. The van der Waals surface area contributed by atoms with Gasteiger partial charge in [0.25, 0.3) is 0 Å². The molecule has 116 valence electrons. The lowest BCUT2D eigenvalue weighted by atomic mass is 9.86. The van der Waals surface area contributed by atoms with Crippen LogP contribution < -0.4 is 5.32 Å². The minimum absolute atomic E-state index is 0.171. The zero-order valence-electron chi connectivity index (χ0n) is 12.9. The molecule has 1 aromatic rings. The molecule has 0 amide bonds. The van der Waals surface area contributed by atoms with Crippen LogP contribution in [0.15, 0.2) is 18.2 Å². The first-order valence-corrected chi connectivity index (χ1v) is 8.60. The molecule has 0 aromatic heterocycles. The molecule has 1 spiro atoms. The first kappa shape index (κ1) is 15.6. The van der Waals surface area contributed by atoms with E-state index in [1.165, 1.54) is 31.2 Å². The van der Waals surface area contributed by atoms with E-state index in [9.17, 15) is 0 Å². The lowest BCUT2D eigenvalue weighted by Gasteiger charge is -2.51. The van der Waals surface area contributed by atoms with Crippen molar-refractivity contribution in [3.8, 4) is 0 Å². The van der Waals surface area contributed by atoms with Gasteiger partial charge in [0.2, 0.25) is 0 Å². The maximum absolute atomic E-state index is 6.18. The molecule has 0 atom stereocenters. The maximum atomic E-state index is 6.18. The van der Waals surface area contributed by atoms with Crippen molar-refractivity contribution < 1.29 is 0 Å². The fraction of sp³-hybridized carbons (Fsp3) is 0.647. The average Bonchev–Trinajstić information content (AvgIpc) is 2.89. The highest BCUT2D eigenvalue weighted by Crippen LogP contribution is 2.39. The Kier molecular flexibility index (Phi) is 4.26. The van der Waals surface area contributed by atoms with Gasteiger partial charge in [-0.05, 0) is 44.4 Å². The summed E-state index contributed by atoms with van der Waals surface area (Å²) in [4.78, 5) is 2.68. The zero-order valence-corrected chi connectivity index (χ0v) is 14.4. The molecule has 1 saturated heterocycles. The molecule has 3 rings (SSSR count). The third-order valence-corrected chi connectivity index (χ3v) is 5.78. The summed E-state index contributed by atoms with van der Waals surface area (Å²) in [5.41, 5.74) is 1.76. The third kappa shape index (κ3) is 3.24. The van der Waals surface area contributed by atoms with Gasteiger partial charge in [-0.3, -0.25) is 4.90 Å². The molecule has 1 aliphatic carbocycles. The van der Waals surface area contributed by atoms with Crippen molar-refractivity contribution in [3.05, 3.63) is 33.8 Å². The first-order valence-electron chi connectivity index (χ1n) is 7.84. The van der Waals surface area contributed by atoms with Crippen LogP contribution in [0.25, 0.3) is 0 Å². The minimum Gasteiger partial charge on any atom is -0.309 e. The van der Waals surface area contributed by atoms with Crippen molar-refractivity contribution in [2.24, 2.45) is 0 Å². The summed E-state index contributed by atoms with van der Waals surface area (Å²) in [5, 5.41) is 5.03. The second kappa shape index (κ2) is 5.73. The largest absolute Gasteiger partial charge is 0.309 e. The second-order valence-corrected chi connectivity index (χ2v) is 8.09. The van der Waals surface area contributed by atoms with Crippen molar-refractivity contribution in [2.75, 3.05) is 13.1 Å². The molecule has 1 aromatic carbocycles. The average molecular weight is 327 g/mol. The van der Waals surface area contributed by atoms with Crippen LogP contribution in [0.4, 0.5) is 0 Å². The zero-order chi connectivity index (χ0) is 15.1. The number of hydrogen-bond donors (Lipinski definition) is 1. The van der Waals surface area contributed by atoms with E-state index in [-0.39, 0.29) is 5.54 Å². The molecular formula is C17H24Cl2N2. The summed E-state index contributed by atoms with van der Waals surface area (Å²) >= 11 is 12.2. The van der Waals surface area contributed by atoms with Crippen molar-refractivity contribution in [1.29, 1.82) is 0 Å². The van der Waals surface area contributed by atoms with Crippen LogP contribution in [-0.2, 0) is 6.54 Å². The Balaban J connectivity index is 1.83. The Morgan fingerprint density at radius 1 is 1.14 bits per heavy atom. The molecule has 0 radical (unpaired) electrons. The van der Waals surface area contributed by atoms with Crippen LogP contribution >= 0.6 is 23.2 Å². The van der Waals surface area contributed by atoms with Gasteiger partial charge in [-0.2, -0.15) is 0 Å². The lowest BCUT2D eigenvalue weighted by Crippen LogP contribution is -2.66. The summed E-state index contributed by atoms with van der Waals surface area (Å²) in [6.45, 7) is 7.71. The number of piperazine rings is 1. The van der Waals surface area contributed by atoms with E-state index in [2.05, 4.69) is 30.1 Å². The molecule has 0 unspecified atom stereocenters. The predicted octanol–water partition coefficient (Wildman–Crippen LogP) is 4.49. The van der Waals surface area contributed by atoms with Crippen LogP contribution in [0, 0.1) is 0 Å². The molecule has 2 nitrogen and oxygen atoms in total. The molecule has 1 heterocycles. The second-order valence-electron chi connectivity index (χ2n) is 7.27. The Labute approximate surface area is 137 Å². The van der Waals surface area contributed by atoms with Crippen molar-refractivity contribution >= 4 is 23.2 Å². The van der Waals surface area contributed by atoms with Crippen LogP contribution in [0.5, 0.6) is 0 Å². The highest BCUT2D eigenvalue weighted by Gasteiger charge is 2.45. The van der Waals surface area contributed by atoms with Gasteiger partial charge in [0.05, 0.1) is 10.0 Å². The summed E-state index contributed by atoms with van der Waals surface area (Å²) in [6.07, 6.45) is 5.30. The van der Waals surface area contributed by atoms with E-state index >= 15 is 0 Å². The van der Waals surface area contributed by atoms with Crippen LogP contribution in [-0.4, -0.2) is 29.1 Å². The van der Waals surface area contributed by atoms with Gasteiger partial charge in [-0.25, -0.2) is 0 Å². The minimum atomic E-state index is 0.171. The van der Waals surface area contributed by atoms with Crippen molar-refractivity contribution in [1.82, 2.24) is 10.2 Å². The normalized spacial score (nSPS) is 24.6. The van der Waals surface area contributed by atoms with E-state index in [1.807, 2.05) is 12.1 Å². The van der Waals surface area contributed by atoms with Crippen molar-refractivity contribution in [3.63, 3.8) is 0 Å². The summed E-state index contributed by atoms with van der Waals surface area (Å²) in [7, 11) is 0. The summed E-state index contributed by atoms with van der Waals surface area (Å²) in [6, 6.07) is 6.03. The molecule has 0 bridgehead atoms. The molecule has 4 heteroatoms. The molecule has 21 heavy (non-hydrogen) atoms. The standard InChI is InChI=1S/C17H24Cl2N2/c1-16(2)12-21(17(11-20-16)7-3-4-8-17)10-13-5-6-14(18)15(19)9-13/h5-6,9,20H,3-4,7-8,10-12H2,1-2H3. The SMILES string of the molecule is CC1(C)CN(Cc2ccc(Cl)c(Cl)c2)C2(CCCC2)CN1. The Morgan fingerprint density at radius 2 is 1.86 bits per heavy atom. The fourth-order valence-corrected chi connectivity index (χ4v) is 4.15. The molecular weight excluding hydrogens is 303 g/mol. The van der Waals surface area contributed by atoms with E-state index in [0.29, 0.717) is 15.6 Å². The van der Waals surface area contributed by atoms with Gasteiger partial charge in [0, 0.05) is 30.7 Å². The molecule has 1 saturated carbocycles. The van der Waals surface area contributed by atoms with E-state index < -0.39 is 0 Å². The molecule has 1 N–H and O–H groups in total. The quantitative estimate of drug-likeness (QED) is 0.861. The molecule has 2 aliphatic rings. The smallest absolute Gasteiger partial charge is 0.0595 e. The van der Waals surface area contributed by atoms with E-state index in [4.69, 9.17) is 23.2 Å². The van der Waals surface area contributed by atoms with Crippen LogP contribution in [0.1, 0.15) is 45.1 Å². The molecule has 2 fully saturated rings. The number of nitrogens with zero attached hydrogens (tertiary/aromatic N) is 1. The summed E-state index contributed by atoms with van der Waals surface area (Å²) < 4.78 is 0. The van der Waals surface area contributed by atoms with Crippen LogP contribution in [0.2, 0.25) is 10.0 Å². The van der Waals surface area contributed by atoms with Gasteiger partial charge >= 0.3 is 0 Å². The van der Waals surface area contributed by atoms with Crippen molar-refractivity contribution in [2.45, 2.75) is 57.2 Å². The highest BCUT2D eigenvalue weighted by molar-refractivity contribution is 6.42. The first-order chi connectivity index (χ1) is 9.90. The third-order valence-electron chi connectivity index (χ3n) is 5.04. The fourth-order valence-electron chi connectivity index (χ4n) is 3.82. The number of hydrogen-bond acceptors (Lipinski definition) is 2. The Hall–Kier alpha value is -0.280. The van der Waals surface area contributed by atoms with Gasteiger partial charge in [-0.1, -0.05) is 42.1 Å². The van der Waals surface area contributed by atoms with Gasteiger partial charge in [-0.15, -0.1) is 0 Å². The van der Waals surface area contributed by atoms with E-state index in [1.54, 1.807) is 0 Å². The van der Waals surface area contributed by atoms with Gasteiger partial charge in [0.1, 0.15) is 0 Å². The molecule has 1 aliphatic heterocycles. The van der Waals surface area contributed by atoms with Crippen LogP contribution in [0.3, 0.4) is 0 Å². The Bertz CT molecular complexity index is 522. The monoisotopic (exact) mass is 326 g/mol. The van der Waals surface area contributed by atoms with E-state index in [0.717, 1.165) is 19.6 Å². The number of nitrogens with one attached hydrogen (secondary N) is 1. The number of benzene rings is 1. The van der Waals surface area contributed by atoms with Gasteiger partial charge < -0.3 is 5.32 Å². The Morgan fingerprint density at radius 3 is 2.52 bits per heavy atom. The lowest BCUT2D eigenvalue weighted by molar-refractivity contribution is 0.0122. The number of halogens is 2.